The molecule has 1 aromatic heterocycles. The summed E-state index contributed by atoms with van der Waals surface area (Å²) >= 11 is 0. The number of hydrogen-bond acceptors (Lipinski definition) is 6. The lowest BCUT2D eigenvalue weighted by Crippen LogP contribution is -2.49. The lowest BCUT2D eigenvalue weighted by atomic mass is 10.1. The van der Waals surface area contributed by atoms with Crippen molar-refractivity contribution in [2.45, 2.75) is 65.3 Å². The average Bonchev–Trinajstić information content (AvgIpc) is 3.15. The number of hydrogen-bond donors (Lipinski definition) is 2. The molecule has 0 atom stereocenters. The summed E-state index contributed by atoms with van der Waals surface area (Å²) in [6, 6.07) is 0.299. The highest BCUT2D eigenvalue weighted by Crippen LogP contribution is 2.12. The highest BCUT2D eigenvalue weighted by atomic mass is 16.6. The number of piperidine rings is 1. The Bertz CT molecular complexity index is 623. The largest absolute Gasteiger partial charge is 0.450 e. The maximum Gasteiger partial charge on any atom is 0.409 e. The van der Waals surface area contributed by atoms with E-state index in [1.165, 1.54) is 0 Å². The second-order valence-corrected chi connectivity index (χ2v) is 7.17. The fraction of sp³-hybridized carbons (Fsp3) is 0.789. The first-order valence-corrected chi connectivity index (χ1v) is 10.3. The molecule has 0 saturated carbocycles. The number of likely N-dealkylation sites (tertiary alicyclic amines) is 1. The van der Waals surface area contributed by atoms with Crippen LogP contribution in [0.4, 0.5) is 4.79 Å². The van der Waals surface area contributed by atoms with Crippen molar-refractivity contribution in [1.82, 2.24) is 25.7 Å². The van der Waals surface area contributed by atoms with Gasteiger partial charge in [0.15, 0.2) is 11.8 Å². The Balaban J connectivity index is 1.75. The molecule has 0 spiro atoms. The second kappa shape index (κ2) is 11.5. The van der Waals surface area contributed by atoms with Gasteiger partial charge in [0.2, 0.25) is 5.89 Å². The number of amides is 1. The lowest BCUT2D eigenvalue weighted by molar-refractivity contribution is 0.0963. The first-order valence-electron chi connectivity index (χ1n) is 10.3. The van der Waals surface area contributed by atoms with Crippen molar-refractivity contribution in [3.05, 3.63) is 11.7 Å². The molecule has 1 amide bonds. The topological polar surface area (TPSA) is 105 Å². The van der Waals surface area contributed by atoms with Gasteiger partial charge in [-0.3, -0.25) is 4.99 Å². The number of aliphatic imine (C=N–C) groups is 1. The highest BCUT2D eigenvalue weighted by molar-refractivity contribution is 5.80. The number of nitrogens with one attached hydrogen (secondary N) is 2. The third kappa shape index (κ3) is 7.01. The van der Waals surface area contributed by atoms with Gasteiger partial charge in [-0.15, -0.1) is 0 Å². The van der Waals surface area contributed by atoms with Crippen molar-refractivity contribution in [1.29, 1.82) is 0 Å². The predicted octanol–water partition coefficient (Wildman–Crippen LogP) is 2.30. The Morgan fingerprint density at radius 2 is 2.11 bits per heavy atom. The van der Waals surface area contributed by atoms with Crippen molar-refractivity contribution in [3.8, 4) is 0 Å². The lowest BCUT2D eigenvalue weighted by Gasteiger charge is -2.32. The van der Waals surface area contributed by atoms with E-state index in [4.69, 9.17) is 9.26 Å². The summed E-state index contributed by atoms with van der Waals surface area (Å²) < 4.78 is 10.3. The molecule has 1 aliphatic rings. The fourth-order valence-corrected chi connectivity index (χ4v) is 2.96. The average molecular weight is 395 g/mol. The van der Waals surface area contributed by atoms with Crippen molar-refractivity contribution < 1.29 is 14.1 Å². The normalized spacial score (nSPS) is 15.8. The van der Waals surface area contributed by atoms with Crippen LogP contribution in [0.3, 0.4) is 0 Å². The van der Waals surface area contributed by atoms with Gasteiger partial charge in [-0.25, -0.2) is 4.79 Å². The highest BCUT2D eigenvalue weighted by Gasteiger charge is 2.24. The number of rotatable bonds is 8. The van der Waals surface area contributed by atoms with Gasteiger partial charge in [-0.05, 0) is 33.1 Å². The van der Waals surface area contributed by atoms with Crippen LogP contribution in [0.15, 0.2) is 9.52 Å². The predicted molar refractivity (Wildman–Crippen MR) is 107 cm³/mol. The number of carbonyl (C=O) groups excluding carboxylic acids is 1. The van der Waals surface area contributed by atoms with Crippen LogP contribution >= 0.6 is 0 Å². The molecule has 1 aromatic rings. The summed E-state index contributed by atoms with van der Waals surface area (Å²) in [4.78, 5) is 22.6. The molecule has 2 N–H and O–H groups in total. The third-order valence-electron chi connectivity index (χ3n) is 4.52. The summed E-state index contributed by atoms with van der Waals surface area (Å²) in [6.07, 6.45) is 3.10. The maximum atomic E-state index is 11.8. The van der Waals surface area contributed by atoms with Crippen LogP contribution < -0.4 is 10.6 Å². The van der Waals surface area contributed by atoms with E-state index in [-0.39, 0.29) is 12.0 Å². The van der Waals surface area contributed by atoms with Gasteiger partial charge in [-0.2, -0.15) is 4.98 Å². The molecule has 2 rings (SSSR count). The zero-order valence-corrected chi connectivity index (χ0v) is 17.5. The Hall–Kier alpha value is -2.32. The van der Waals surface area contributed by atoms with E-state index >= 15 is 0 Å². The monoisotopic (exact) mass is 394 g/mol. The van der Waals surface area contributed by atoms with Gasteiger partial charge in [0, 0.05) is 44.6 Å². The quantitative estimate of drug-likeness (QED) is 0.396. The SMILES string of the molecule is CCNC(=NCCCc1nc(C(C)C)no1)NC1CCN(C(=O)OCC)CC1. The van der Waals surface area contributed by atoms with E-state index in [1.54, 1.807) is 4.90 Å². The Kier molecular flexibility index (Phi) is 9.03. The molecular weight excluding hydrogens is 360 g/mol. The Labute approximate surface area is 167 Å². The van der Waals surface area contributed by atoms with Crippen molar-refractivity contribution in [2.24, 2.45) is 4.99 Å². The van der Waals surface area contributed by atoms with E-state index < -0.39 is 0 Å². The molecular formula is C19H34N6O3. The van der Waals surface area contributed by atoms with Gasteiger partial charge in [0.05, 0.1) is 6.61 Å². The molecule has 0 aromatic carbocycles. The summed E-state index contributed by atoms with van der Waals surface area (Å²) in [5, 5.41) is 10.7. The van der Waals surface area contributed by atoms with Crippen molar-refractivity contribution in [2.75, 3.05) is 32.8 Å². The molecule has 0 aliphatic carbocycles. The van der Waals surface area contributed by atoms with Crippen LogP contribution in [-0.2, 0) is 11.2 Å². The number of aromatic nitrogens is 2. The fourth-order valence-electron chi connectivity index (χ4n) is 2.96. The Morgan fingerprint density at radius 1 is 1.36 bits per heavy atom. The summed E-state index contributed by atoms with van der Waals surface area (Å²) in [7, 11) is 0. The molecule has 0 bridgehead atoms. The van der Waals surface area contributed by atoms with Crippen LogP contribution in [-0.4, -0.2) is 65.9 Å². The van der Waals surface area contributed by atoms with Crippen molar-refractivity contribution >= 4 is 12.1 Å². The smallest absolute Gasteiger partial charge is 0.409 e. The summed E-state index contributed by atoms with van der Waals surface area (Å²) in [6.45, 7) is 11.3. The zero-order valence-electron chi connectivity index (χ0n) is 17.5. The number of guanidine groups is 1. The molecule has 0 unspecified atom stereocenters. The molecule has 158 valence electrons. The van der Waals surface area contributed by atoms with Gasteiger partial charge in [0.1, 0.15) is 0 Å². The minimum atomic E-state index is -0.219. The number of carbonyl (C=O) groups is 1. The molecule has 28 heavy (non-hydrogen) atoms. The Morgan fingerprint density at radius 3 is 2.71 bits per heavy atom. The van der Waals surface area contributed by atoms with Crippen LogP contribution in [0.1, 0.15) is 64.6 Å². The van der Waals surface area contributed by atoms with E-state index in [0.717, 1.165) is 44.0 Å². The summed E-state index contributed by atoms with van der Waals surface area (Å²) in [5.74, 6) is 2.51. The molecule has 9 heteroatoms. The standard InChI is InChI=1S/C19H34N6O3/c1-5-20-18(21-11-7-8-16-23-17(14(3)4)24-28-16)22-15-9-12-25(13-10-15)19(26)27-6-2/h14-15H,5-13H2,1-4H3,(H2,20,21,22). The van der Waals surface area contributed by atoms with Gasteiger partial charge in [0.25, 0.3) is 0 Å². The van der Waals surface area contributed by atoms with Crippen LogP contribution in [0, 0.1) is 0 Å². The molecule has 2 heterocycles. The summed E-state index contributed by atoms with van der Waals surface area (Å²) in [5.41, 5.74) is 0. The minimum absolute atomic E-state index is 0.219. The van der Waals surface area contributed by atoms with Crippen molar-refractivity contribution in [3.63, 3.8) is 0 Å². The molecule has 1 fully saturated rings. The van der Waals surface area contributed by atoms with E-state index in [1.807, 2.05) is 27.7 Å². The number of ether oxygens (including phenoxy) is 1. The van der Waals surface area contributed by atoms with Crippen LogP contribution in [0.2, 0.25) is 0 Å². The molecule has 1 saturated heterocycles. The molecule has 9 nitrogen and oxygen atoms in total. The minimum Gasteiger partial charge on any atom is -0.450 e. The first kappa shape index (κ1) is 22.0. The zero-order chi connectivity index (χ0) is 20.4. The molecule has 1 aliphatic heterocycles. The number of aryl methyl sites for hydroxylation is 1. The van der Waals surface area contributed by atoms with Gasteiger partial charge in [-0.1, -0.05) is 19.0 Å². The van der Waals surface area contributed by atoms with Crippen LogP contribution in [0.25, 0.3) is 0 Å². The van der Waals surface area contributed by atoms with Gasteiger partial charge < -0.3 is 24.8 Å². The number of nitrogens with zero attached hydrogens (tertiary/aromatic N) is 4. The van der Waals surface area contributed by atoms with E-state index in [2.05, 4.69) is 25.8 Å². The van der Waals surface area contributed by atoms with E-state index in [9.17, 15) is 4.79 Å². The maximum absolute atomic E-state index is 11.8. The first-order chi connectivity index (χ1) is 13.5. The van der Waals surface area contributed by atoms with E-state index in [0.29, 0.717) is 38.2 Å². The molecule has 0 radical (unpaired) electrons. The van der Waals surface area contributed by atoms with Crippen LogP contribution in [0.5, 0.6) is 0 Å². The second-order valence-electron chi connectivity index (χ2n) is 7.17. The van der Waals surface area contributed by atoms with Gasteiger partial charge >= 0.3 is 6.09 Å². The third-order valence-corrected chi connectivity index (χ3v) is 4.52.